The molecule has 1 aromatic carbocycles. The number of carbonyl (C=O) groups is 2. The van der Waals surface area contributed by atoms with Gasteiger partial charge in [0.1, 0.15) is 11.3 Å². The Kier molecular flexibility index (Phi) is 5.26. The first kappa shape index (κ1) is 18.6. The Balaban J connectivity index is 1.91. The predicted molar refractivity (Wildman–Crippen MR) is 104 cm³/mol. The lowest BCUT2D eigenvalue weighted by Gasteiger charge is -2.10. The normalized spacial score (nSPS) is 11.0. The fourth-order valence-electron chi connectivity index (χ4n) is 2.88. The summed E-state index contributed by atoms with van der Waals surface area (Å²) in [4.78, 5) is 29.6. The number of carbonyl (C=O) groups excluding carboxylic acids is 2. The molecule has 1 amide bonds. The summed E-state index contributed by atoms with van der Waals surface area (Å²) in [6, 6.07) is 10.6. The molecule has 140 valence electrons. The van der Waals surface area contributed by atoms with Crippen LogP contribution in [0, 0.1) is 6.92 Å². The third kappa shape index (κ3) is 4.00. The number of hydrogen-bond donors (Lipinski definition) is 1. The molecule has 0 radical (unpaired) electrons. The molecular weight excluding hydrogens is 342 g/mol. The van der Waals surface area contributed by atoms with Gasteiger partial charge in [-0.25, -0.2) is 9.78 Å². The topological polar surface area (TPSA) is 72.7 Å². The summed E-state index contributed by atoms with van der Waals surface area (Å²) in [5, 5.41) is 2.87. The van der Waals surface area contributed by atoms with E-state index in [1.807, 2.05) is 32.2 Å². The van der Waals surface area contributed by atoms with Crippen LogP contribution in [0.3, 0.4) is 0 Å². The van der Waals surface area contributed by atoms with Gasteiger partial charge in [0.2, 0.25) is 0 Å². The summed E-state index contributed by atoms with van der Waals surface area (Å²) in [7, 11) is 0. The number of fused-ring (bicyclic) bond motifs is 1. The van der Waals surface area contributed by atoms with Gasteiger partial charge in [0, 0.05) is 11.9 Å². The van der Waals surface area contributed by atoms with Crippen molar-refractivity contribution in [3.8, 4) is 0 Å². The molecule has 0 spiro atoms. The van der Waals surface area contributed by atoms with Crippen molar-refractivity contribution in [2.45, 2.75) is 40.2 Å². The molecular formula is C21H23N3O3. The van der Waals surface area contributed by atoms with Crippen LogP contribution in [-0.4, -0.2) is 27.4 Å². The van der Waals surface area contributed by atoms with Crippen LogP contribution in [0.25, 0.3) is 5.65 Å². The van der Waals surface area contributed by atoms with Crippen LogP contribution >= 0.6 is 0 Å². The number of benzene rings is 1. The Hall–Kier alpha value is -3.15. The van der Waals surface area contributed by atoms with E-state index in [-0.39, 0.29) is 12.0 Å². The predicted octanol–water partition coefficient (Wildman–Crippen LogP) is 4.02. The standard InChI is InChI=1S/C21H23N3O3/c1-5-17-19(24-12-14(4)9-10-18(24)23-17)20(25)22-16-8-6-7-15(11-16)21(26)27-13(2)3/h6-13H,5H2,1-4H3,(H,22,25). The third-order valence-corrected chi connectivity index (χ3v) is 4.09. The van der Waals surface area contributed by atoms with Gasteiger partial charge < -0.3 is 10.1 Å². The summed E-state index contributed by atoms with van der Waals surface area (Å²) in [6.45, 7) is 7.52. The second-order valence-corrected chi connectivity index (χ2v) is 6.68. The number of aromatic nitrogens is 2. The van der Waals surface area contributed by atoms with Crippen molar-refractivity contribution < 1.29 is 14.3 Å². The minimum Gasteiger partial charge on any atom is -0.459 e. The van der Waals surface area contributed by atoms with Crippen molar-refractivity contribution >= 4 is 23.2 Å². The second kappa shape index (κ2) is 7.61. The van der Waals surface area contributed by atoms with Crippen LogP contribution in [0.4, 0.5) is 5.69 Å². The van der Waals surface area contributed by atoms with Crippen LogP contribution in [-0.2, 0) is 11.2 Å². The zero-order valence-corrected chi connectivity index (χ0v) is 15.9. The third-order valence-electron chi connectivity index (χ3n) is 4.09. The van der Waals surface area contributed by atoms with E-state index in [1.165, 1.54) is 0 Å². The molecule has 1 N–H and O–H groups in total. The summed E-state index contributed by atoms with van der Waals surface area (Å²) < 4.78 is 7.02. The zero-order valence-electron chi connectivity index (χ0n) is 15.9. The molecule has 2 aromatic heterocycles. The number of nitrogens with one attached hydrogen (secondary N) is 1. The van der Waals surface area contributed by atoms with Gasteiger partial charge >= 0.3 is 5.97 Å². The van der Waals surface area contributed by atoms with Crippen LogP contribution < -0.4 is 5.32 Å². The molecule has 0 bridgehead atoms. The maximum atomic E-state index is 13.0. The Morgan fingerprint density at radius 2 is 2.00 bits per heavy atom. The fraction of sp³-hybridized carbons (Fsp3) is 0.286. The first-order valence-electron chi connectivity index (χ1n) is 8.99. The molecule has 6 nitrogen and oxygen atoms in total. The Morgan fingerprint density at radius 1 is 1.22 bits per heavy atom. The first-order valence-corrected chi connectivity index (χ1v) is 8.99. The molecule has 0 aliphatic heterocycles. The van der Waals surface area contributed by atoms with E-state index in [4.69, 9.17) is 4.74 Å². The lowest BCUT2D eigenvalue weighted by Crippen LogP contribution is -2.17. The molecule has 6 heteroatoms. The zero-order chi connectivity index (χ0) is 19.6. The van der Waals surface area contributed by atoms with E-state index in [0.29, 0.717) is 23.4 Å². The molecule has 0 unspecified atom stereocenters. The molecule has 3 aromatic rings. The van der Waals surface area contributed by atoms with Crippen LogP contribution in [0.5, 0.6) is 0 Å². The number of imidazole rings is 1. The highest BCUT2D eigenvalue weighted by Gasteiger charge is 2.19. The SMILES string of the molecule is CCc1nc2ccc(C)cn2c1C(=O)Nc1cccc(C(=O)OC(C)C)c1. The highest BCUT2D eigenvalue weighted by Crippen LogP contribution is 2.18. The number of hydrogen-bond acceptors (Lipinski definition) is 4. The number of ether oxygens (including phenoxy) is 1. The number of anilines is 1. The lowest BCUT2D eigenvalue weighted by molar-refractivity contribution is 0.0377. The maximum Gasteiger partial charge on any atom is 0.338 e. The summed E-state index contributed by atoms with van der Waals surface area (Å²) in [6.07, 6.45) is 2.33. The number of amides is 1. The molecule has 0 fully saturated rings. The summed E-state index contributed by atoms with van der Waals surface area (Å²) in [5.41, 5.74) is 3.93. The average molecular weight is 365 g/mol. The quantitative estimate of drug-likeness (QED) is 0.693. The smallest absolute Gasteiger partial charge is 0.338 e. The van der Waals surface area contributed by atoms with Crippen molar-refractivity contribution in [2.75, 3.05) is 5.32 Å². The highest BCUT2D eigenvalue weighted by molar-refractivity contribution is 6.05. The number of nitrogens with zero attached hydrogens (tertiary/aromatic N) is 2. The minimum atomic E-state index is -0.416. The van der Waals surface area contributed by atoms with Crippen molar-refractivity contribution in [2.24, 2.45) is 0 Å². The Morgan fingerprint density at radius 3 is 2.70 bits per heavy atom. The van der Waals surface area contributed by atoms with Gasteiger partial charge in [-0.15, -0.1) is 0 Å². The fourth-order valence-corrected chi connectivity index (χ4v) is 2.88. The number of aryl methyl sites for hydroxylation is 2. The lowest BCUT2D eigenvalue weighted by atomic mass is 10.2. The molecule has 0 saturated heterocycles. The van der Waals surface area contributed by atoms with Crippen molar-refractivity contribution in [1.82, 2.24) is 9.38 Å². The van der Waals surface area contributed by atoms with Gasteiger partial charge in [0.25, 0.3) is 5.91 Å². The van der Waals surface area contributed by atoms with Crippen LogP contribution in [0.1, 0.15) is 52.9 Å². The second-order valence-electron chi connectivity index (χ2n) is 6.68. The molecule has 0 atom stereocenters. The largest absolute Gasteiger partial charge is 0.459 e. The average Bonchev–Trinajstić information content (AvgIpc) is 2.99. The van der Waals surface area contributed by atoms with Gasteiger partial charge in [0.15, 0.2) is 0 Å². The Labute approximate surface area is 158 Å². The van der Waals surface area contributed by atoms with E-state index in [2.05, 4.69) is 10.3 Å². The minimum absolute atomic E-state index is 0.204. The van der Waals surface area contributed by atoms with E-state index in [0.717, 1.165) is 16.9 Å². The molecule has 0 aliphatic rings. The van der Waals surface area contributed by atoms with Gasteiger partial charge in [-0.2, -0.15) is 0 Å². The van der Waals surface area contributed by atoms with E-state index >= 15 is 0 Å². The summed E-state index contributed by atoms with van der Waals surface area (Å²) in [5.74, 6) is -0.680. The van der Waals surface area contributed by atoms with E-state index in [1.54, 1.807) is 42.5 Å². The van der Waals surface area contributed by atoms with Crippen molar-refractivity contribution in [3.63, 3.8) is 0 Å². The van der Waals surface area contributed by atoms with E-state index < -0.39 is 5.97 Å². The Bertz CT molecular complexity index is 1010. The van der Waals surface area contributed by atoms with E-state index in [9.17, 15) is 9.59 Å². The van der Waals surface area contributed by atoms with Crippen molar-refractivity contribution in [1.29, 1.82) is 0 Å². The molecule has 3 rings (SSSR count). The van der Waals surface area contributed by atoms with Gasteiger partial charge in [-0.1, -0.05) is 19.1 Å². The van der Waals surface area contributed by atoms with Gasteiger partial charge in [-0.05, 0) is 57.0 Å². The summed E-state index contributed by atoms with van der Waals surface area (Å²) >= 11 is 0. The first-order chi connectivity index (χ1) is 12.9. The monoisotopic (exact) mass is 365 g/mol. The molecule has 0 aliphatic carbocycles. The van der Waals surface area contributed by atoms with Crippen LogP contribution in [0.15, 0.2) is 42.6 Å². The molecule has 27 heavy (non-hydrogen) atoms. The number of esters is 1. The van der Waals surface area contributed by atoms with Crippen LogP contribution in [0.2, 0.25) is 0 Å². The van der Waals surface area contributed by atoms with Gasteiger partial charge in [-0.3, -0.25) is 9.20 Å². The van der Waals surface area contributed by atoms with Gasteiger partial charge in [0.05, 0.1) is 17.4 Å². The highest BCUT2D eigenvalue weighted by atomic mass is 16.5. The molecule has 0 saturated carbocycles. The van der Waals surface area contributed by atoms with Crippen molar-refractivity contribution in [3.05, 3.63) is 65.1 Å². The molecule has 2 heterocycles. The maximum absolute atomic E-state index is 13.0. The number of rotatable bonds is 5. The number of pyridine rings is 1.